The molecule has 1 aromatic heterocycles. The van der Waals surface area contributed by atoms with Gasteiger partial charge in [0.2, 0.25) is 11.9 Å². The Morgan fingerprint density at radius 2 is 1.88 bits per heavy atom. The predicted octanol–water partition coefficient (Wildman–Crippen LogP) is 3.27. The molecule has 0 amide bonds. The van der Waals surface area contributed by atoms with Crippen LogP contribution in [-0.2, 0) is 6.42 Å². The number of hydrogen-bond acceptors (Lipinski definition) is 5. The molecule has 0 spiro atoms. The molecule has 1 saturated heterocycles. The molecule has 0 N–H and O–H groups in total. The van der Waals surface area contributed by atoms with E-state index in [0.717, 1.165) is 30.7 Å². The maximum atomic E-state index is 4.77. The average Bonchev–Trinajstić information content (AvgIpc) is 3.03. The van der Waals surface area contributed by atoms with E-state index in [2.05, 4.69) is 54.1 Å². The molecule has 1 atom stereocenters. The number of anilines is 2. The molecule has 24 heavy (non-hydrogen) atoms. The summed E-state index contributed by atoms with van der Waals surface area (Å²) in [6.45, 7) is 5.28. The van der Waals surface area contributed by atoms with Crippen LogP contribution in [0.15, 0.2) is 30.3 Å². The van der Waals surface area contributed by atoms with E-state index in [9.17, 15) is 0 Å². The van der Waals surface area contributed by atoms with Gasteiger partial charge in [0.05, 0.1) is 0 Å². The van der Waals surface area contributed by atoms with Crippen molar-refractivity contribution < 1.29 is 0 Å². The van der Waals surface area contributed by atoms with Gasteiger partial charge in [-0.2, -0.15) is 15.0 Å². The summed E-state index contributed by atoms with van der Waals surface area (Å²) in [5.74, 6) is 2.74. The first-order chi connectivity index (χ1) is 11.5. The highest BCUT2D eigenvalue weighted by Gasteiger charge is 2.28. The summed E-state index contributed by atoms with van der Waals surface area (Å²) in [5.41, 5.74) is 1.38. The lowest BCUT2D eigenvalue weighted by molar-refractivity contribution is 0.641. The molecule has 128 valence electrons. The van der Waals surface area contributed by atoms with Crippen LogP contribution in [0.2, 0.25) is 0 Å². The fraction of sp³-hybridized carbons (Fsp3) is 0.526. The normalized spacial score (nSPS) is 17.5. The van der Waals surface area contributed by atoms with Crippen LogP contribution in [0.3, 0.4) is 0 Å². The topological polar surface area (TPSA) is 45.2 Å². The quantitative estimate of drug-likeness (QED) is 0.844. The number of hydrogen-bond donors (Lipinski definition) is 0. The molecule has 0 saturated carbocycles. The van der Waals surface area contributed by atoms with E-state index in [1.54, 1.807) is 0 Å². The van der Waals surface area contributed by atoms with Crippen molar-refractivity contribution in [2.24, 2.45) is 0 Å². The van der Waals surface area contributed by atoms with Crippen molar-refractivity contribution in [3.05, 3.63) is 41.7 Å². The van der Waals surface area contributed by atoms with E-state index < -0.39 is 0 Å². The molecule has 2 aromatic rings. The first kappa shape index (κ1) is 16.7. The molecule has 2 heterocycles. The lowest BCUT2D eigenvalue weighted by Gasteiger charge is -2.26. The molecule has 1 aliphatic rings. The summed E-state index contributed by atoms with van der Waals surface area (Å²) in [6, 6.07) is 11.2. The van der Waals surface area contributed by atoms with E-state index in [4.69, 9.17) is 9.97 Å². The van der Waals surface area contributed by atoms with Gasteiger partial charge in [-0.15, -0.1) is 0 Å². The molecule has 0 aliphatic carbocycles. The standard InChI is InChI=1S/C19H27N5/c1-14(2)17-20-18(23(3)4)22-19(21-17)24-12-8-11-16(24)13-15-9-6-5-7-10-15/h5-7,9-10,14,16H,8,11-13H2,1-4H3. The van der Waals surface area contributed by atoms with Crippen LogP contribution >= 0.6 is 0 Å². The van der Waals surface area contributed by atoms with Gasteiger partial charge in [-0.25, -0.2) is 0 Å². The van der Waals surface area contributed by atoms with E-state index in [1.807, 2.05) is 19.0 Å². The largest absolute Gasteiger partial charge is 0.347 e. The van der Waals surface area contributed by atoms with Crippen molar-refractivity contribution in [3.8, 4) is 0 Å². The van der Waals surface area contributed by atoms with E-state index in [-0.39, 0.29) is 0 Å². The maximum Gasteiger partial charge on any atom is 0.230 e. The molecular weight excluding hydrogens is 298 g/mol. The van der Waals surface area contributed by atoms with Crippen molar-refractivity contribution in [1.82, 2.24) is 15.0 Å². The summed E-state index contributed by atoms with van der Waals surface area (Å²) in [7, 11) is 3.96. The third-order valence-electron chi connectivity index (χ3n) is 4.49. The Kier molecular flexibility index (Phi) is 4.97. The van der Waals surface area contributed by atoms with Gasteiger partial charge < -0.3 is 9.80 Å². The van der Waals surface area contributed by atoms with Crippen molar-refractivity contribution in [2.45, 2.75) is 45.1 Å². The second-order valence-electron chi connectivity index (χ2n) is 7.02. The summed E-state index contributed by atoms with van der Waals surface area (Å²) in [5, 5.41) is 0. The summed E-state index contributed by atoms with van der Waals surface area (Å²) >= 11 is 0. The Morgan fingerprint density at radius 1 is 1.12 bits per heavy atom. The zero-order chi connectivity index (χ0) is 17.1. The van der Waals surface area contributed by atoms with Gasteiger partial charge in [-0.3, -0.25) is 0 Å². The van der Waals surface area contributed by atoms with E-state index in [1.165, 1.54) is 18.4 Å². The van der Waals surface area contributed by atoms with Crippen LogP contribution < -0.4 is 9.80 Å². The molecule has 1 unspecified atom stereocenters. The number of aromatic nitrogens is 3. The SMILES string of the molecule is CC(C)c1nc(N(C)C)nc(N2CCCC2Cc2ccccc2)n1. The van der Waals surface area contributed by atoms with Crippen LogP contribution in [-0.4, -0.2) is 41.6 Å². The Labute approximate surface area is 144 Å². The Hall–Kier alpha value is -2.17. The van der Waals surface area contributed by atoms with Gasteiger partial charge in [0.25, 0.3) is 0 Å². The highest BCUT2D eigenvalue weighted by Crippen LogP contribution is 2.27. The zero-order valence-corrected chi connectivity index (χ0v) is 15.1. The molecule has 3 rings (SSSR count). The Balaban J connectivity index is 1.88. The molecule has 0 bridgehead atoms. The van der Waals surface area contributed by atoms with Gasteiger partial charge in [-0.05, 0) is 24.8 Å². The van der Waals surface area contributed by atoms with Gasteiger partial charge in [0.1, 0.15) is 5.82 Å². The monoisotopic (exact) mass is 325 g/mol. The molecule has 1 aliphatic heterocycles. The maximum absolute atomic E-state index is 4.77. The fourth-order valence-corrected chi connectivity index (χ4v) is 3.15. The van der Waals surface area contributed by atoms with Gasteiger partial charge in [0, 0.05) is 32.6 Å². The summed E-state index contributed by atoms with van der Waals surface area (Å²) < 4.78 is 0. The van der Waals surface area contributed by atoms with Crippen molar-refractivity contribution >= 4 is 11.9 Å². The van der Waals surface area contributed by atoms with Crippen LogP contribution in [0, 0.1) is 0 Å². The number of benzene rings is 1. The first-order valence-electron chi connectivity index (χ1n) is 8.78. The first-order valence-corrected chi connectivity index (χ1v) is 8.78. The summed E-state index contributed by atoms with van der Waals surface area (Å²) in [6.07, 6.45) is 3.42. The highest BCUT2D eigenvalue weighted by atomic mass is 15.3. The average molecular weight is 325 g/mol. The Bertz CT molecular complexity index is 642. The lowest BCUT2D eigenvalue weighted by atomic mass is 10.0. The Morgan fingerprint density at radius 3 is 2.54 bits per heavy atom. The third kappa shape index (κ3) is 3.66. The smallest absolute Gasteiger partial charge is 0.230 e. The molecular formula is C19H27N5. The van der Waals surface area contributed by atoms with Gasteiger partial charge in [-0.1, -0.05) is 44.2 Å². The minimum absolute atomic E-state index is 0.292. The van der Waals surface area contributed by atoms with E-state index in [0.29, 0.717) is 12.0 Å². The predicted molar refractivity (Wildman–Crippen MR) is 98.8 cm³/mol. The molecule has 1 aromatic carbocycles. The zero-order valence-electron chi connectivity index (χ0n) is 15.1. The molecule has 0 radical (unpaired) electrons. The van der Waals surface area contributed by atoms with Crippen molar-refractivity contribution in [3.63, 3.8) is 0 Å². The van der Waals surface area contributed by atoms with Gasteiger partial charge in [0.15, 0.2) is 0 Å². The van der Waals surface area contributed by atoms with Crippen LogP contribution in [0.5, 0.6) is 0 Å². The molecule has 5 nitrogen and oxygen atoms in total. The third-order valence-corrected chi connectivity index (χ3v) is 4.49. The molecule has 1 fully saturated rings. The minimum atomic E-state index is 0.292. The van der Waals surface area contributed by atoms with Crippen LogP contribution in [0.1, 0.15) is 44.0 Å². The van der Waals surface area contributed by atoms with Crippen LogP contribution in [0.25, 0.3) is 0 Å². The second-order valence-corrected chi connectivity index (χ2v) is 7.02. The lowest BCUT2D eigenvalue weighted by Crippen LogP contribution is -2.33. The van der Waals surface area contributed by atoms with Crippen molar-refractivity contribution in [1.29, 1.82) is 0 Å². The highest BCUT2D eigenvalue weighted by molar-refractivity contribution is 5.41. The minimum Gasteiger partial charge on any atom is -0.347 e. The van der Waals surface area contributed by atoms with Crippen LogP contribution in [0.4, 0.5) is 11.9 Å². The van der Waals surface area contributed by atoms with E-state index >= 15 is 0 Å². The second kappa shape index (κ2) is 7.16. The van der Waals surface area contributed by atoms with Crippen molar-refractivity contribution in [2.75, 3.05) is 30.4 Å². The van der Waals surface area contributed by atoms with Gasteiger partial charge >= 0.3 is 0 Å². The molecule has 5 heteroatoms. The number of nitrogens with zero attached hydrogens (tertiary/aromatic N) is 5. The fourth-order valence-electron chi connectivity index (χ4n) is 3.15. The number of rotatable bonds is 5. The summed E-state index contributed by atoms with van der Waals surface area (Å²) in [4.78, 5) is 18.4.